The van der Waals surface area contributed by atoms with Gasteiger partial charge in [-0.3, -0.25) is 0 Å². The zero-order valence-electron chi connectivity index (χ0n) is 11.0. The summed E-state index contributed by atoms with van der Waals surface area (Å²) < 4.78 is 13.6. The van der Waals surface area contributed by atoms with Gasteiger partial charge >= 0.3 is 0 Å². The molecule has 4 heteroatoms. The van der Waals surface area contributed by atoms with Crippen LogP contribution in [0.1, 0.15) is 11.1 Å². The van der Waals surface area contributed by atoms with Crippen LogP contribution in [0.4, 0.5) is 10.2 Å². The first-order valence-corrected chi connectivity index (χ1v) is 6.31. The Balaban J connectivity index is 2.20. The number of nitrogens with two attached hydrogens (primary N) is 1. The highest BCUT2D eigenvalue weighted by Crippen LogP contribution is 2.19. The SMILES string of the molecule is CN(Cc1ccccc1F)c1ncccc1CCN. The number of nitrogens with zero attached hydrogens (tertiary/aromatic N) is 2. The first kappa shape index (κ1) is 13.5. The zero-order valence-corrected chi connectivity index (χ0v) is 11.0. The topological polar surface area (TPSA) is 42.2 Å². The van der Waals surface area contributed by atoms with Gasteiger partial charge in [-0.05, 0) is 30.7 Å². The predicted molar refractivity (Wildman–Crippen MR) is 75.5 cm³/mol. The number of hydrogen-bond donors (Lipinski definition) is 1. The van der Waals surface area contributed by atoms with Crippen LogP contribution in [-0.4, -0.2) is 18.6 Å². The van der Waals surface area contributed by atoms with Gasteiger partial charge in [0.1, 0.15) is 11.6 Å². The number of hydrogen-bond acceptors (Lipinski definition) is 3. The molecule has 0 saturated heterocycles. The average Bonchev–Trinajstić information content (AvgIpc) is 2.42. The molecule has 2 rings (SSSR count). The van der Waals surface area contributed by atoms with Crippen LogP contribution in [-0.2, 0) is 13.0 Å². The molecule has 1 aromatic carbocycles. The summed E-state index contributed by atoms with van der Waals surface area (Å²) in [5, 5.41) is 0. The van der Waals surface area contributed by atoms with Gasteiger partial charge in [0, 0.05) is 25.4 Å². The Labute approximate surface area is 112 Å². The maximum Gasteiger partial charge on any atom is 0.131 e. The lowest BCUT2D eigenvalue weighted by atomic mass is 10.1. The van der Waals surface area contributed by atoms with Crippen LogP contribution in [0.15, 0.2) is 42.6 Å². The molecule has 19 heavy (non-hydrogen) atoms. The van der Waals surface area contributed by atoms with Crippen LogP contribution in [0.25, 0.3) is 0 Å². The van der Waals surface area contributed by atoms with Crippen molar-refractivity contribution in [1.29, 1.82) is 0 Å². The van der Waals surface area contributed by atoms with E-state index in [-0.39, 0.29) is 5.82 Å². The van der Waals surface area contributed by atoms with Gasteiger partial charge in [0.15, 0.2) is 0 Å². The van der Waals surface area contributed by atoms with E-state index in [1.54, 1.807) is 18.3 Å². The van der Waals surface area contributed by atoms with E-state index in [2.05, 4.69) is 4.98 Å². The second-order valence-corrected chi connectivity index (χ2v) is 4.47. The third-order valence-corrected chi connectivity index (χ3v) is 3.01. The van der Waals surface area contributed by atoms with E-state index in [1.807, 2.05) is 30.1 Å². The summed E-state index contributed by atoms with van der Waals surface area (Å²) in [6.45, 7) is 1.06. The highest BCUT2D eigenvalue weighted by molar-refractivity contribution is 5.46. The lowest BCUT2D eigenvalue weighted by Crippen LogP contribution is -2.20. The quantitative estimate of drug-likeness (QED) is 0.896. The Kier molecular flexibility index (Phi) is 4.47. The van der Waals surface area contributed by atoms with Gasteiger partial charge in [-0.25, -0.2) is 9.37 Å². The second-order valence-electron chi connectivity index (χ2n) is 4.47. The van der Waals surface area contributed by atoms with Crippen molar-refractivity contribution in [3.8, 4) is 0 Å². The normalized spacial score (nSPS) is 10.5. The lowest BCUT2D eigenvalue weighted by molar-refractivity contribution is 0.607. The number of halogens is 1. The molecule has 0 aliphatic carbocycles. The molecule has 0 radical (unpaired) electrons. The minimum atomic E-state index is -0.189. The van der Waals surface area contributed by atoms with E-state index in [9.17, 15) is 4.39 Å². The number of benzene rings is 1. The first-order chi connectivity index (χ1) is 9.22. The monoisotopic (exact) mass is 259 g/mol. The molecule has 0 aliphatic heterocycles. The van der Waals surface area contributed by atoms with Gasteiger partial charge in [0.25, 0.3) is 0 Å². The minimum absolute atomic E-state index is 0.189. The summed E-state index contributed by atoms with van der Waals surface area (Å²) in [6.07, 6.45) is 2.51. The second kappa shape index (κ2) is 6.29. The van der Waals surface area contributed by atoms with Gasteiger partial charge in [0.05, 0.1) is 0 Å². The molecule has 2 aromatic rings. The molecular weight excluding hydrogens is 241 g/mol. The third-order valence-electron chi connectivity index (χ3n) is 3.01. The fraction of sp³-hybridized carbons (Fsp3) is 0.267. The van der Waals surface area contributed by atoms with Gasteiger partial charge in [-0.15, -0.1) is 0 Å². The number of anilines is 1. The third kappa shape index (κ3) is 3.29. The van der Waals surface area contributed by atoms with E-state index in [4.69, 9.17) is 5.73 Å². The number of aromatic nitrogens is 1. The number of pyridine rings is 1. The molecule has 1 aromatic heterocycles. The molecule has 0 bridgehead atoms. The van der Waals surface area contributed by atoms with E-state index in [1.165, 1.54) is 6.07 Å². The summed E-state index contributed by atoms with van der Waals surface area (Å²) >= 11 is 0. The van der Waals surface area contributed by atoms with Crippen LogP contribution in [0, 0.1) is 5.82 Å². The molecule has 0 unspecified atom stereocenters. The van der Waals surface area contributed by atoms with Crippen molar-refractivity contribution in [1.82, 2.24) is 4.98 Å². The molecular formula is C15H18FN3. The fourth-order valence-corrected chi connectivity index (χ4v) is 2.08. The summed E-state index contributed by atoms with van der Waals surface area (Å²) in [4.78, 5) is 6.32. The first-order valence-electron chi connectivity index (χ1n) is 6.31. The van der Waals surface area contributed by atoms with Crippen molar-refractivity contribution in [2.75, 3.05) is 18.5 Å². The fourth-order valence-electron chi connectivity index (χ4n) is 2.08. The van der Waals surface area contributed by atoms with Crippen LogP contribution >= 0.6 is 0 Å². The van der Waals surface area contributed by atoms with Crippen molar-refractivity contribution < 1.29 is 4.39 Å². The summed E-state index contributed by atoms with van der Waals surface area (Å²) in [6, 6.07) is 10.7. The Morgan fingerprint density at radius 3 is 2.63 bits per heavy atom. The van der Waals surface area contributed by atoms with Crippen LogP contribution in [0.2, 0.25) is 0 Å². The van der Waals surface area contributed by atoms with Crippen LogP contribution < -0.4 is 10.6 Å². The van der Waals surface area contributed by atoms with Crippen molar-refractivity contribution in [3.05, 3.63) is 59.5 Å². The van der Waals surface area contributed by atoms with Crippen LogP contribution in [0.5, 0.6) is 0 Å². The van der Waals surface area contributed by atoms with Crippen molar-refractivity contribution in [2.24, 2.45) is 5.73 Å². The van der Waals surface area contributed by atoms with Crippen LogP contribution in [0.3, 0.4) is 0 Å². The molecule has 0 spiro atoms. The van der Waals surface area contributed by atoms with E-state index in [0.29, 0.717) is 18.7 Å². The molecule has 1 heterocycles. The minimum Gasteiger partial charge on any atom is -0.355 e. The smallest absolute Gasteiger partial charge is 0.131 e. The highest BCUT2D eigenvalue weighted by Gasteiger charge is 2.10. The maximum absolute atomic E-state index is 13.6. The number of rotatable bonds is 5. The van der Waals surface area contributed by atoms with Gasteiger partial charge < -0.3 is 10.6 Å². The molecule has 0 atom stereocenters. The molecule has 100 valence electrons. The van der Waals surface area contributed by atoms with Crippen molar-refractivity contribution in [2.45, 2.75) is 13.0 Å². The Hall–Kier alpha value is -1.94. The molecule has 2 N–H and O–H groups in total. The summed E-state index contributed by atoms with van der Waals surface area (Å²) in [5.74, 6) is 0.668. The molecule has 3 nitrogen and oxygen atoms in total. The Morgan fingerprint density at radius 1 is 1.16 bits per heavy atom. The Bertz CT molecular complexity index is 542. The zero-order chi connectivity index (χ0) is 13.7. The van der Waals surface area contributed by atoms with Gasteiger partial charge in [0.2, 0.25) is 0 Å². The lowest BCUT2D eigenvalue weighted by Gasteiger charge is -2.21. The van der Waals surface area contributed by atoms with Crippen molar-refractivity contribution in [3.63, 3.8) is 0 Å². The van der Waals surface area contributed by atoms with E-state index >= 15 is 0 Å². The largest absolute Gasteiger partial charge is 0.355 e. The molecule has 0 fully saturated rings. The maximum atomic E-state index is 13.6. The highest BCUT2D eigenvalue weighted by atomic mass is 19.1. The summed E-state index contributed by atoms with van der Waals surface area (Å²) in [7, 11) is 1.91. The molecule has 0 aliphatic rings. The Morgan fingerprint density at radius 2 is 1.89 bits per heavy atom. The molecule has 0 saturated carbocycles. The molecule has 0 amide bonds. The van der Waals surface area contributed by atoms with Gasteiger partial charge in [-0.2, -0.15) is 0 Å². The van der Waals surface area contributed by atoms with Gasteiger partial charge in [-0.1, -0.05) is 24.3 Å². The average molecular weight is 259 g/mol. The summed E-state index contributed by atoms with van der Waals surface area (Å²) in [5.41, 5.74) is 7.35. The van der Waals surface area contributed by atoms with E-state index < -0.39 is 0 Å². The van der Waals surface area contributed by atoms with E-state index in [0.717, 1.165) is 17.8 Å². The van der Waals surface area contributed by atoms with Crippen molar-refractivity contribution >= 4 is 5.82 Å². The predicted octanol–water partition coefficient (Wildman–Crippen LogP) is 2.36. The standard InChI is InChI=1S/C15H18FN3/c1-19(11-13-5-2-3-7-14(13)16)15-12(8-9-17)6-4-10-18-15/h2-7,10H,8-9,11,17H2,1H3.